The van der Waals surface area contributed by atoms with Crippen LogP contribution >= 0.6 is 0 Å². The van der Waals surface area contributed by atoms with Gasteiger partial charge in [-0.3, -0.25) is 4.98 Å². The highest BCUT2D eigenvalue weighted by molar-refractivity contribution is 5.43. The molecule has 0 spiro atoms. The Morgan fingerprint density at radius 2 is 1.89 bits per heavy atom. The second kappa shape index (κ2) is 5.71. The molecular formula is C15H16N2O2. The minimum absolute atomic E-state index is 0.623. The fourth-order valence-corrected chi connectivity index (χ4v) is 2.04. The Hall–Kier alpha value is -2.07. The molecule has 1 aliphatic rings. The number of rotatable bonds is 4. The number of hydrogen-bond donors (Lipinski definition) is 1. The molecular weight excluding hydrogens is 240 g/mol. The molecule has 1 aromatic carbocycles. The first-order chi connectivity index (χ1) is 9.42. The predicted octanol–water partition coefficient (Wildman–Crippen LogP) is 2.14. The maximum Gasteiger partial charge on any atom is 0.161 e. The van der Waals surface area contributed by atoms with E-state index in [1.54, 1.807) is 6.20 Å². The van der Waals surface area contributed by atoms with Crippen LogP contribution in [0.3, 0.4) is 0 Å². The maximum absolute atomic E-state index is 5.56. The normalized spacial score (nSPS) is 13.3. The first-order valence-electron chi connectivity index (χ1n) is 6.41. The highest BCUT2D eigenvalue weighted by Gasteiger charge is 2.11. The van der Waals surface area contributed by atoms with Gasteiger partial charge in [-0.15, -0.1) is 0 Å². The Balaban J connectivity index is 1.58. The molecule has 2 aromatic rings. The number of hydrogen-bond acceptors (Lipinski definition) is 4. The summed E-state index contributed by atoms with van der Waals surface area (Å²) in [5.41, 5.74) is 2.22. The van der Waals surface area contributed by atoms with Crippen LogP contribution in [0.4, 0.5) is 0 Å². The molecule has 0 bridgehead atoms. The van der Waals surface area contributed by atoms with Gasteiger partial charge in [-0.05, 0) is 29.8 Å². The van der Waals surface area contributed by atoms with E-state index >= 15 is 0 Å². The van der Waals surface area contributed by atoms with Gasteiger partial charge in [0, 0.05) is 19.3 Å². The van der Waals surface area contributed by atoms with Gasteiger partial charge < -0.3 is 14.8 Å². The zero-order valence-electron chi connectivity index (χ0n) is 10.6. The van der Waals surface area contributed by atoms with E-state index in [1.807, 2.05) is 30.3 Å². The monoisotopic (exact) mass is 256 g/mol. The molecule has 98 valence electrons. The van der Waals surface area contributed by atoms with E-state index in [0.717, 1.165) is 30.3 Å². The van der Waals surface area contributed by atoms with Crippen LogP contribution in [0.2, 0.25) is 0 Å². The Bertz CT molecular complexity index is 543. The number of nitrogens with zero attached hydrogens (tertiary/aromatic N) is 1. The van der Waals surface area contributed by atoms with Crippen molar-refractivity contribution in [2.45, 2.75) is 13.1 Å². The molecule has 4 nitrogen and oxygen atoms in total. The molecule has 1 N–H and O–H groups in total. The largest absolute Gasteiger partial charge is 0.486 e. The average Bonchev–Trinajstić information content (AvgIpc) is 2.48. The number of fused-ring (bicyclic) bond motifs is 1. The molecule has 19 heavy (non-hydrogen) atoms. The van der Waals surface area contributed by atoms with E-state index in [0.29, 0.717) is 13.2 Å². The molecule has 0 unspecified atom stereocenters. The second-order valence-electron chi connectivity index (χ2n) is 4.40. The van der Waals surface area contributed by atoms with Gasteiger partial charge in [-0.2, -0.15) is 0 Å². The van der Waals surface area contributed by atoms with Crippen LogP contribution in [0, 0.1) is 0 Å². The number of ether oxygens (including phenoxy) is 2. The number of pyridine rings is 1. The summed E-state index contributed by atoms with van der Waals surface area (Å²) in [5, 5.41) is 3.37. The van der Waals surface area contributed by atoms with Crippen molar-refractivity contribution in [2.75, 3.05) is 13.2 Å². The third kappa shape index (κ3) is 3.03. The Morgan fingerprint density at radius 1 is 1.00 bits per heavy atom. The van der Waals surface area contributed by atoms with Gasteiger partial charge in [0.2, 0.25) is 0 Å². The topological polar surface area (TPSA) is 43.4 Å². The fraction of sp³-hybridized carbons (Fsp3) is 0.267. The van der Waals surface area contributed by atoms with Crippen LogP contribution in [0.5, 0.6) is 11.5 Å². The summed E-state index contributed by atoms with van der Waals surface area (Å²) in [4.78, 5) is 4.27. The zero-order chi connectivity index (χ0) is 12.9. The third-order valence-corrected chi connectivity index (χ3v) is 2.97. The van der Waals surface area contributed by atoms with Gasteiger partial charge in [0.15, 0.2) is 11.5 Å². The van der Waals surface area contributed by atoms with Crippen LogP contribution in [0.25, 0.3) is 0 Å². The van der Waals surface area contributed by atoms with Crippen LogP contribution in [0.1, 0.15) is 11.3 Å². The van der Waals surface area contributed by atoms with Gasteiger partial charge in [0.1, 0.15) is 13.2 Å². The molecule has 1 aliphatic heterocycles. The van der Waals surface area contributed by atoms with Gasteiger partial charge in [-0.1, -0.05) is 12.1 Å². The van der Waals surface area contributed by atoms with Crippen LogP contribution in [0.15, 0.2) is 42.6 Å². The van der Waals surface area contributed by atoms with Gasteiger partial charge in [0.25, 0.3) is 0 Å². The SMILES string of the molecule is c1ccc(CNCc2ccc3c(c2)OCCO3)nc1. The highest BCUT2D eigenvalue weighted by Crippen LogP contribution is 2.30. The van der Waals surface area contributed by atoms with E-state index in [1.165, 1.54) is 5.56 Å². The average molecular weight is 256 g/mol. The quantitative estimate of drug-likeness (QED) is 0.910. The third-order valence-electron chi connectivity index (χ3n) is 2.97. The van der Waals surface area contributed by atoms with E-state index < -0.39 is 0 Å². The van der Waals surface area contributed by atoms with Gasteiger partial charge in [-0.25, -0.2) is 0 Å². The van der Waals surface area contributed by atoms with Crippen molar-refractivity contribution in [1.29, 1.82) is 0 Å². The maximum atomic E-state index is 5.56. The van der Waals surface area contributed by atoms with Crippen molar-refractivity contribution < 1.29 is 9.47 Å². The Kier molecular flexibility index (Phi) is 3.61. The lowest BCUT2D eigenvalue weighted by Crippen LogP contribution is -2.17. The molecule has 3 rings (SSSR count). The molecule has 4 heteroatoms. The highest BCUT2D eigenvalue weighted by atomic mass is 16.6. The molecule has 0 saturated heterocycles. The smallest absolute Gasteiger partial charge is 0.161 e. The van der Waals surface area contributed by atoms with Crippen molar-refractivity contribution in [2.24, 2.45) is 0 Å². The summed E-state index contributed by atoms with van der Waals surface area (Å²) in [7, 11) is 0. The van der Waals surface area contributed by atoms with E-state index in [-0.39, 0.29) is 0 Å². The fourth-order valence-electron chi connectivity index (χ4n) is 2.04. The molecule has 0 fully saturated rings. The summed E-state index contributed by atoms with van der Waals surface area (Å²) in [6, 6.07) is 12.0. The lowest BCUT2D eigenvalue weighted by molar-refractivity contribution is 0.171. The minimum atomic E-state index is 0.623. The summed E-state index contributed by atoms with van der Waals surface area (Å²) in [5.74, 6) is 1.67. The standard InChI is InChI=1S/C15H16N2O2/c1-2-6-17-13(3-1)11-16-10-12-4-5-14-15(9-12)19-8-7-18-14/h1-6,9,16H,7-8,10-11H2. The summed E-state index contributed by atoms with van der Waals surface area (Å²) in [6.45, 7) is 2.80. The van der Waals surface area contributed by atoms with Crippen molar-refractivity contribution in [3.8, 4) is 11.5 Å². The molecule has 0 atom stereocenters. The van der Waals surface area contributed by atoms with Gasteiger partial charge >= 0.3 is 0 Å². The molecule has 0 saturated carbocycles. The van der Waals surface area contributed by atoms with E-state index in [2.05, 4.69) is 16.4 Å². The number of benzene rings is 1. The summed E-state index contributed by atoms with van der Waals surface area (Å²) >= 11 is 0. The molecule has 0 aliphatic carbocycles. The minimum Gasteiger partial charge on any atom is -0.486 e. The number of nitrogens with one attached hydrogen (secondary N) is 1. The van der Waals surface area contributed by atoms with Crippen LogP contribution in [-0.4, -0.2) is 18.2 Å². The van der Waals surface area contributed by atoms with E-state index in [4.69, 9.17) is 9.47 Å². The second-order valence-corrected chi connectivity index (χ2v) is 4.40. The lowest BCUT2D eigenvalue weighted by Gasteiger charge is -2.18. The molecule has 0 radical (unpaired) electrons. The molecule has 2 heterocycles. The van der Waals surface area contributed by atoms with Crippen molar-refractivity contribution in [1.82, 2.24) is 10.3 Å². The zero-order valence-corrected chi connectivity index (χ0v) is 10.6. The van der Waals surface area contributed by atoms with E-state index in [9.17, 15) is 0 Å². The Labute approximate surface area is 112 Å². The predicted molar refractivity (Wildman–Crippen MR) is 72.2 cm³/mol. The molecule has 0 amide bonds. The molecule has 1 aromatic heterocycles. The Morgan fingerprint density at radius 3 is 2.74 bits per heavy atom. The summed E-state index contributed by atoms with van der Waals surface area (Å²) < 4.78 is 11.1. The summed E-state index contributed by atoms with van der Waals surface area (Å²) in [6.07, 6.45) is 1.81. The lowest BCUT2D eigenvalue weighted by atomic mass is 10.2. The van der Waals surface area contributed by atoms with Crippen LogP contribution < -0.4 is 14.8 Å². The van der Waals surface area contributed by atoms with Crippen molar-refractivity contribution >= 4 is 0 Å². The van der Waals surface area contributed by atoms with Gasteiger partial charge in [0.05, 0.1) is 5.69 Å². The first-order valence-corrected chi connectivity index (χ1v) is 6.41. The van der Waals surface area contributed by atoms with Crippen molar-refractivity contribution in [3.63, 3.8) is 0 Å². The number of aromatic nitrogens is 1. The van der Waals surface area contributed by atoms with Crippen molar-refractivity contribution in [3.05, 3.63) is 53.9 Å². The first kappa shape index (κ1) is 12.0. The van der Waals surface area contributed by atoms with Crippen LogP contribution in [-0.2, 0) is 13.1 Å².